The molecule has 0 nitrogen and oxygen atoms in total. The van der Waals surface area contributed by atoms with Gasteiger partial charge in [0.25, 0.3) is 0 Å². The second kappa shape index (κ2) is 5.82. The van der Waals surface area contributed by atoms with Gasteiger partial charge in [-0.15, -0.1) is 0 Å². The molecule has 0 aliphatic heterocycles. The zero-order chi connectivity index (χ0) is 8.10. The van der Waals surface area contributed by atoms with Crippen LogP contribution >= 0.6 is 0 Å². The molecule has 0 aliphatic rings. The molecule has 1 rings (SSSR count). The van der Waals surface area contributed by atoms with Crippen LogP contribution in [0.1, 0.15) is 38.3 Å². The van der Waals surface area contributed by atoms with Crippen LogP contribution in [-0.2, 0) is 6.42 Å². The Hall–Kier alpha value is -0.780. The van der Waals surface area contributed by atoms with Gasteiger partial charge in [-0.1, -0.05) is 45.0 Å². The summed E-state index contributed by atoms with van der Waals surface area (Å²) in [6, 6.07) is 8.64. The number of aryl methyl sites for hydroxylation is 2. The maximum Gasteiger partial charge on any atom is -0.0276 e. The Morgan fingerprint density at radius 3 is 2.42 bits per heavy atom. The third-order valence-corrected chi connectivity index (χ3v) is 2.06. The molecule has 0 saturated heterocycles. The normalized spacial score (nSPS) is 9.17. The summed E-state index contributed by atoms with van der Waals surface area (Å²) in [4.78, 5) is 0. The molecule has 0 heterocycles. The first-order valence-electron chi connectivity index (χ1n) is 4.39. The molecule has 0 radical (unpaired) electrons. The van der Waals surface area contributed by atoms with E-state index >= 15 is 0 Å². The summed E-state index contributed by atoms with van der Waals surface area (Å²) in [5.41, 5.74) is 2.94. The van der Waals surface area contributed by atoms with Crippen molar-refractivity contribution in [3.63, 3.8) is 0 Å². The maximum absolute atomic E-state index is 2.23. The first-order valence-corrected chi connectivity index (χ1v) is 4.39. The summed E-state index contributed by atoms with van der Waals surface area (Å²) in [6.07, 6.45) is 3.84. The van der Waals surface area contributed by atoms with Gasteiger partial charge in [0, 0.05) is 0 Å². The van der Waals surface area contributed by atoms with E-state index < -0.39 is 0 Å². The molecule has 0 aliphatic carbocycles. The molecule has 1 aromatic carbocycles. The minimum absolute atomic E-state index is 0. The molecular weight excluding hydrogens is 144 g/mol. The molecule has 0 unspecified atom stereocenters. The molecule has 0 heteroatoms. The standard InChI is InChI=1S/C11H16.CH4/c1-3-4-8-11-9-6-5-7-10(11)2;/h5-7,9H,3-4,8H2,1-2H3;1H4. The highest BCUT2D eigenvalue weighted by Gasteiger charge is 1.94. The fourth-order valence-corrected chi connectivity index (χ4v) is 1.26. The van der Waals surface area contributed by atoms with E-state index in [2.05, 4.69) is 38.1 Å². The molecule has 1 aromatic rings. The molecule has 12 heavy (non-hydrogen) atoms. The number of unbranched alkanes of at least 4 members (excludes halogenated alkanes) is 1. The van der Waals surface area contributed by atoms with Gasteiger partial charge in [-0.25, -0.2) is 0 Å². The van der Waals surface area contributed by atoms with Gasteiger partial charge >= 0.3 is 0 Å². The Balaban J connectivity index is 0.00000121. The SMILES string of the molecule is C.CCCCc1ccccc1C. The van der Waals surface area contributed by atoms with Gasteiger partial charge in [0.05, 0.1) is 0 Å². The number of benzene rings is 1. The van der Waals surface area contributed by atoms with E-state index in [9.17, 15) is 0 Å². The first-order chi connectivity index (χ1) is 5.34. The molecule has 0 bridgehead atoms. The minimum atomic E-state index is 0. The summed E-state index contributed by atoms with van der Waals surface area (Å²) in [5.74, 6) is 0. The van der Waals surface area contributed by atoms with Crippen LogP contribution in [0.3, 0.4) is 0 Å². The molecule has 0 N–H and O–H groups in total. The van der Waals surface area contributed by atoms with Crippen molar-refractivity contribution in [3.05, 3.63) is 35.4 Å². The number of hydrogen-bond donors (Lipinski definition) is 0. The van der Waals surface area contributed by atoms with Crippen molar-refractivity contribution in [2.45, 2.75) is 40.5 Å². The van der Waals surface area contributed by atoms with Crippen molar-refractivity contribution >= 4 is 0 Å². The lowest BCUT2D eigenvalue weighted by Gasteiger charge is -2.02. The number of rotatable bonds is 3. The van der Waals surface area contributed by atoms with E-state index in [1.165, 1.54) is 30.4 Å². The fourth-order valence-electron chi connectivity index (χ4n) is 1.26. The predicted molar refractivity (Wildman–Crippen MR) is 56.5 cm³/mol. The van der Waals surface area contributed by atoms with Crippen LogP contribution in [0.15, 0.2) is 24.3 Å². The molecule has 0 amide bonds. The summed E-state index contributed by atoms with van der Waals surface area (Å²) in [6.45, 7) is 4.42. The predicted octanol–water partition coefficient (Wildman–Crippen LogP) is 3.97. The van der Waals surface area contributed by atoms with E-state index in [0.717, 1.165) is 0 Å². The van der Waals surface area contributed by atoms with Crippen molar-refractivity contribution in [3.8, 4) is 0 Å². The van der Waals surface area contributed by atoms with Crippen molar-refractivity contribution in [2.75, 3.05) is 0 Å². The highest BCUT2D eigenvalue weighted by atomic mass is 14.0. The number of hydrogen-bond acceptors (Lipinski definition) is 0. The van der Waals surface area contributed by atoms with Gasteiger partial charge in [0.15, 0.2) is 0 Å². The minimum Gasteiger partial charge on any atom is -0.0776 e. The van der Waals surface area contributed by atoms with Crippen LogP contribution in [-0.4, -0.2) is 0 Å². The van der Waals surface area contributed by atoms with Gasteiger partial charge in [0.1, 0.15) is 0 Å². The van der Waals surface area contributed by atoms with Crippen molar-refractivity contribution in [1.29, 1.82) is 0 Å². The quantitative estimate of drug-likeness (QED) is 0.634. The average Bonchev–Trinajstić information content (AvgIpc) is 2.03. The van der Waals surface area contributed by atoms with E-state index in [1.807, 2.05) is 0 Å². The highest BCUT2D eigenvalue weighted by Crippen LogP contribution is 2.09. The van der Waals surface area contributed by atoms with E-state index in [0.29, 0.717) is 0 Å². The molecule has 0 spiro atoms. The Bertz CT molecular complexity index is 213. The average molecular weight is 164 g/mol. The summed E-state index contributed by atoms with van der Waals surface area (Å²) in [5, 5.41) is 0. The smallest absolute Gasteiger partial charge is 0.0276 e. The Kier molecular flexibility index (Phi) is 5.44. The van der Waals surface area contributed by atoms with E-state index in [-0.39, 0.29) is 7.43 Å². The third kappa shape index (κ3) is 3.08. The largest absolute Gasteiger partial charge is 0.0776 e. The molecule has 0 atom stereocenters. The zero-order valence-electron chi connectivity index (χ0n) is 7.43. The molecule has 68 valence electrons. The van der Waals surface area contributed by atoms with Gasteiger partial charge in [-0.2, -0.15) is 0 Å². The van der Waals surface area contributed by atoms with E-state index in [4.69, 9.17) is 0 Å². The zero-order valence-corrected chi connectivity index (χ0v) is 7.43. The Labute approximate surface area is 76.6 Å². The second-order valence-corrected chi connectivity index (χ2v) is 3.03. The second-order valence-electron chi connectivity index (χ2n) is 3.03. The highest BCUT2D eigenvalue weighted by molar-refractivity contribution is 5.25. The topological polar surface area (TPSA) is 0 Å². The van der Waals surface area contributed by atoms with Gasteiger partial charge < -0.3 is 0 Å². The van der Waals surface area contributed by atoms with Gasteiger partial charge in [-0.05, 0) is 30.9 Å². The van der Waals surface area contributed by atoms with Gasteiger partial charge in [-0.3, -0.25) is 0 Å². The Morgan fingerprint density at radius 1 is 1.17 bits per heavy atom. The Morgan fingerprint density at radius 2 is 1.83 bits per heavy atom. The molecule has 0 saturated carbocycles. The van der Waals surface area contributed by atoms with Crippen LogP contribution in [0.2, 0.25) is 0 Å². The van der Waals surface area contributed by atoms with Crippen LogP contribution in [0, 0.1) is 6.92 Å². The van der Waals surface area contributed by atoms with Gasteiger partial charge in [0.2, 0.25) is 0 Å². The third-order valence-electron chi connectivity index (χ3n) is 2.06. The molecule has 0 fully saturated rings. The van der Waals surface area contributed by atoms with Crippen molar-refractivity contribution in [2.24, 2.45) is 0 Å². The van der Waals surface area contributed by atoms with Crippen LogP contribution < -0.4 is 0 Å². The molecule has 0 aromatic heterocycles. The lowest BCUT2D eigenvalue weighted by atomic mass is 10.0. The first kappa shape index (κ1) is 11.2. The lowest BCUT2D eigenvalue weighted by molar-refractivity contribution is 0.791. The monoisotopic (exact) mass is 164 g/mol. The van der Waals surface area contributed by atoms with E-state index in [1.54, 1.807) is 0 Å². The molecular formula is C12H20. The maximum atomic E-state index is 2.23. The van der Waals surface area contributed by atoms with Crippen molar-refractivity contribution < 1.29 is 0 Å². The summed E-state index contributed by atoms with van der Waals surface area (Å²) >= 11 is 0. The lowest BCUT2D eigenvalue weighted by Crippen LogP contribution is -1.87. The van der Waals surface area contributed by atoms with Crippen LogP contribution in [0.5, 0.6) is 0 Å². The fraction of sp³-hybridized carbons (Fsp3) is 0.500. The van der Waals surface area contributed by atoms with Crippen LogP contribution in [0.25, 0.3) is 0 Å². The van der Waals surface area contributed by atoms with Crippen LogP contribution in [0.4, 0.5) is 0 Å². The summed E-state index contributed by atoms with van der Waals surface area (Å²) < 4.78 is 0. The summed E-state index contributed by atoms with van der Waals surface area (Å²) in [7, 11) is 0. The van der Waals surface area contributed by atoms with Crippen molar-refractivity contribution in [1.82, 2.24) is 0 Å².